The van der Waals surface area contributed by atoms with E-state index in [9.17, 15) is 18.0 Å². The lowest BCUT2D eigenvalue weighted by Gasteiger charge is -2.14. The summed E-state index contributed by atoms with van der Waals surface area (Å²) in [6.07, 6.45) is -0.300. The van der Waals surface area contributed by atoms with Crippen LogP contribution in [0.2, 0.25) is 5.02 Å². The number of esters is 1. The van der Waals surface area contributed by atoms with Crippen LogP contribution in [-0.2, 0) is 15.7 Å². The van der Waals surface area contributed by atoms with E-state index >= 15 is 0 Å². The molecule has 0 aliphatic heterocycles. The van der Waals surface area contributed by atoms with Crippen LogP contribution in [0.15, 0.2) is 54.6 Å². The first-order valence-electron chi connectivity index (χ1n) is 9.02. The van der Waals surface area contributed by atoms with Crippen LogP contribution in [0.1, 0.15) is 12.5 Å². The average molecular weight is 449 g/mol. The van der Waals surface area contributed by atoms with Crippen molar-refractivity contribution in [2.45, 2.75) is 19.2 Å². The van der Waals surface area contributed by atoms with Gasteiger partial charge in [-0.05, 0) is 60.2 Å². The Labute approximate surface area is 181 Å². The highest BCUT2D eigenvalue weighted by Crippen LogP contribution is 2.37. The smallest absolute Gasteiger partial charge is 0.416 e. The molecule has 0 aromatic heterocycles. The number of hydrogen-bond donors (Lipinski definition) is 0. The summed E-state index contributed by atoms with van der Waals surface area (Å²) in [5.41, 5.74) is -0.861. The lowest BCUT2D eigenvalue weighted by molar-refractivity contribution is -0.149. The summed E-state index contributed by atoms with van der Waals surface area (Å²) in [6.45, 7) is 1.40. The van der Waals surface area contributed by atoms with Gasteiger partial charge in [0, 0.05) is 0 Å². The number of ether oxygens (including phenoxy) is 3. The second-order valence-corrected chi connectivity index (χ2v) is 6.89. The summed E-state index contributed by atoms with van der Waals surface area (Å²) in [4.78, 5) is 11.8. The predicted octanol–water partition coefficient (Wildman–Crippen LogP) is 6.25. The number of halogens is 4. The number of carbonyl (C=O) groups excluding carboxylic acids is 1. The van der Waals surface area contributed by atoms with Crippen LogP contribution in [0, 0.1) is 12.3 Å². The van der Waals surface area contributed by atoms with E-state index in [0.29, 0.717) is 11.5 Å². The average Bonchev–Trinajstić information content (AvgIpc) is 2.72. The van der Waals surface area contributed by atoms with Crippen LogP contribution >= 0.6 is 11.6 Å². The van der Waals surface area contributed by atoms with Gasteiger partial charge in [-0.3, -0.25) is 0 Å². The number of carbonyl (C=O) groups is 1. The van der Waals surface area contributed by atoms with E-state index < -0.39 is 23.8 Å². The number of hydrogen-bond acceptors (Lipinski definition) is 4. The van der Waals surface area contributed by atoms with Gasteiger partial charge in [-0.25, -0.2) is 4.79 Å². The highest BCUT2D eigenvalue weighted by molar-refractivity contribution is 6.32. The van der Waals surface area contributed by atoms with Crippen molar-refractivity contribution >= 4 is 28.3 Å². The highest BCUT2D eigenvalue weighted by atomic mass is 35.5. The van der Waals surface area contributed by atoms with Gasteiger partial charge in [0.2, 0.25) is 0 Å². The van der Waals surface area contributed by atoms with Gasteiger partial charge in [-0.15, -0.1) is 6.42 Å². The van der Waals surface area contributed by atoms with Crippen LogP contribution in [-0.4, -0.2) is 18.7 Å². The molecule has 31 heavy (non-hydrogen) atoms. The van der Waals surface area contributed by atoms with Crippen LogP contribution in [0.4, 0.5) is 13.2 Å². The Morgan fingerprint density at radius 1 is 1.06 bits per heavy atom. The Kier molecular flexibility index (Phi) is 6.62. The molecular formula is C23H16ClF3O4. The lowest BCUT2D eigenvalue weighted by atomic mass is 10.1. The minimum Gasteiger partial charge on any atom is -0.479 e. The molecule has 160 valence electrons. The Morgan fingerprint density at radius 2 is 1.74 bits per heavy atom. The highest BCUT2D eigenvalue weighted by Gasteiger charge is 2.31. The van der Waals surface area contributed by atoms with Gasteiger partial charge in [0.25, 0.3) is 0 Å². The maximum absolute atomic E-state index is 12.8. The van der Waals surface area contributed by atoms with E-state index in [1.54, 1.807) is 36.4 Å². The molecule has 0 bridgehead atoms. The lowest BCUT2D eigenvalue weighted by Crippen LogP contribution is -2.26. The van der Waals surface area contributed by atoms with Gasteiger partial charge >= 0.3 is 12.1 Å². The molecule has 0 saturated carbocycles. The first-order valence-corrected chi connectivity index (χ1v) is 9.40. The third-order valence-corrected chi connectivity index (χ3v) is 4.51. The molecule has 1 atom stereocenters. The number of alkyl halides is 3. The normalized spacial score (nSPS) is 12.1. The molecule has 0 amide bonds. The maximum Gasteiger partial charge on any atom is 0.416 e. The van der Waals surface area contributed by atoms with E-state index in [4.69, 9.17) is 32.2 Å². The topological polar surface area (TPSA) is 44.8 Å². The van der Waals surface area contributed by atoms with Crippen LogP contribution < -0.4 is 9.47 Å². The van der Waals surface area contributed by atoms with E-state index in [0.717, 1.165) is 22.9 Å². The van der Waals surface area contributed by atoms with Gasteiger partial charge in [0.15, 0.2) is 12.7 Å². The third kappa shape index (κ3) is 5.62. The van der Waals surface area contributed by atoms with Crippen molar-refractivity contribution in [1.82, 2.24) is 0 Å². The van der Waals surface area contributed by atoms with Crippen molar-refractivity contribution in [2.75, 3.05) is 6.61 Å². The second-order valence-electron chi connectivity index (χ2n) is 6.49. The van der Waals surface area contributed by atoms with Gasteiger partial charge in [0.05, 0.1) is 10.6 Å². The summed E-state index contributed by atoms with van der Waals surface area (Å²) < 4.78 is 54.5. The zero-order valence-electron chi connectivity index (χ0n) is 16.2. The SMILES string of the molecule is C#CCOC(=O)C(C)Oc1ccc2ccc(Oc3ccc(C(F)(F)F)cc3Cl)cc2c1. The van der Waals surface area contributed by atoms with Crippen LogP contribution in [0.3, 0.4) is 0 Å². The van der Waals surface area contributed by atoms with E-state index in [1.165, 1.54) is 13.0 Å². The maximum atomic E-state index is 12.8. The quantitative estimate of drug-likeness (QED) is 0.330. The predicted molar refractivity (Wildman–Crippen MR) is 110 cm³/mol. The molecule has 0 spiro atoms. The molecule has 4 nitrogen and oxygen atoms in total. The number of fused-ring (bicyclic) bond motifs is 1. The zero-order chi connectivity index (χ0) is 22.6. The molecule has 0 saturated heterocycles. The summed E-state index contributed by atoms with van der Waals surface area (Å²) in [5, 5.41) is 1.43. The molecule has 0 fully saturated rings. The molecule has 8 heteroatoms. The van der Waals surface area contributed by atoms with Gasteiger partial charge in [0.1, 0.15) is 17.2 Å². The minimum atomic E-state index is -4.49. The molecule has 0 N–H and O–H groups in total. The van der Waals surface area contributed by atoms with E-state index in [1.807, 2.05) is 0 Å². The zero-order valence-corrected chi connectivity index (χ0v) is 17.0. The van der Waals surface area contributed by atoms with Crippen molar-refractivity contribution < 1.29 is 32.2 Å². The first-order chi connectivity index (χ1) is 14.7. The summed E-state index contributed by atoms with van der Waals surface area (Å²) in [6, 6.07) is 13.2. The van der Waals surface area contributed by atoms with Crippen LogP contribution in [0.25, 0.3) is 10.8 Å². The van der Waals surface area contributed by atoms with Crippen molar-refractivity contribution in [2.24, 2.45) is 0 Å². The molecule has 0 heterocycles. The Hall–Kier alpha value is -3.37. The van der Waals surface area contributed by atoms with E-state index in [-0.39, 0.29) is 17.4 Å². The van der Waals surface area contributed by atoms with Gasteiger partial charge < -0.3 is 14.2 Å². The molecule has 3 aromatic carbocycles. The molecule has 1 unspecified atom stereocenters. The molecule has 3 aromatic rings. The number of rotatable bonds is 6. The summed E-state index contributed by atoms with van der Waals surface area (Å²) in [5.74, 6) is 2.49. The third-order valence-electron chi connectivity index (χ3n) is 4.21. The first kappa shape index (κ1) is 22.3. The van der Waals surface area contributed by atoms with Crippen molar-refractivity contribution in [3.63, 3.8) is 0 Å². The molecule has 3 rings (SSSR count). The minimum absolute atomic E-state index is 0.0892. The molecule has 0 radical (unpaired) electrons. The molecular weight excluding hydrogens is 433 g/mol. The Bertz CT molecular complexity index is 1150. The number of terminal acetylenes is 1. The fraction of sp³-hybridized carbons (Fsp3) is 0.174. The van der Waals surface area contributed by atoms with Crippen molar-refractivity contribution in [3.05, 3.63) is 65.2 Å². The Morgan fingerprint density at radius 3 is 2.39 bits per heavy atom. The van der Waals surface area contributed by atoms with Gasteiger partial charge in [-0.1, -0.05) is 29.7 Å². The largest absolute Gasteiger partial charge is 0.479 e. The summed E-state index contributed by atoms with van der Waals surface area (Å²) >= 11 is 5.95. The monoisotopic (exact) mass is 448 g/mol. The summed E-state index contributed by atoms with van der Waals surface area (Å²) in [7, 11) is 0. The van der Waals surface area contributed by atoms with Crippen molar-refractivity contribution in [1.29, 1.82) is 0 Å². The van der Waals surface area contributed by atoms with Crippen molar-refractivity contribution in [3.8, 4) is 29.6 Å². The standard InChI is InChI=1S/C23H16ClF3O4/c1-3-10-29-22(28)14(2)30-18-7-4-15-5-8-19(12-16(15)11-18)31-21-9-6-17(13-20(21)24)23(25,26)27/h1,4-9,11-14H,10H2,2H3. The fourth-order valence-corrected chi connectivity index (χ4v) is 2.93. The molecule has 0 aliphatic carbocycles. The van der Waals surface area contributed by atoms with Crippen LogP contribution in [0.5, 0.6) is 17.2 Å². The Balaban J connectivity index is 1.79. The second kappa shape index (κ2) is 9.19. The number of benzene rings is 3. The van der Waals surface area contributed by atoms with E-state index in [2.05, 4.69) is 5.92 Å². The fourth-order valence-electron chi connectivity index (χ4n) is 2.71. The molecule has 0 aliphatic rings. The van der Waals surface area contributed by atoms with Gasteiger partial charge in [-0.2, -0.15) is 13.2 Å².